The van der Waals surface area contributed by atoms with E-state index < -0.39 is 6.10 Å². The quantitative estimate of drug-likeness (QED) is 0.0345. The summed E-state index contributed by atoms with van der Waals surface area (Å²) in [6, 6.07) is 0. The number of ether oxygens (including phenoxy) is 3. The summed E-state index contributed by atoms with van der Waals surface area (Å²) < 4.78 is 17.5. The maximum atomic E-state index is 12.8. The van der Waals surface area contributed by atoms with E-state index in [1.807, 2.05) is 0 Å². The lowest BCUT2D eigenvalue weighted by atomic mass is 10.0. The molecule has 0 spiro atoms. The molecule has 0 aromatic carbocycles. The van der Waals surface area contributed by atoms with Gasteiger partial charge in [-0.05, 0) is 83.5 Å². The Labute approximate surface area is 424 Å². The lowest BCUT2D eigenvalue weighted by Gasteiger charge is -2.18. The minimum atomic E-state index is -0.549. The zero-order valence-electron chi connectivity index (χ0n) is 45.6. The van der Waals surface area contributed by atoms with Crippen LogP contribution in [0.3, 0.4) is 0 Å². The summed E-state index contributed by atoms with van der Waals surface area (Å²) in [5.74, 6) is -0.415. The SMILES string of the molecule is CCC/C=C\C/C=C\CCCCCCCC(=O)OC(COCCCCCCCCCCCCCCCCCCCCCC)COC(=O)CCCCCCCC/C=C\C/C=C\C/C=C\CCCCC. The largest absolute Gasteiger partial charge is 0.462 e. The Kier molecular flexibility index (Phi) is 56.8. The molecular weight excluding hydrogens is 837 g/mol. The first-order chi connectivity index (χ1) is 33.6. The highest BCUT2D eigenvalue weighted by molar-refractivity contribution is 5.70. The molecule has 0 aliphatic carbocycles. The van der Waals surface area contributed by atoms with Crippen LogP contribution in [0.4, 0.5) is 0 Å². The fourth-order valence-corrected chi connectivity index (χ4v) is 8.56. The third-order valence-corrected chi connectivity index (χ3v) is 13.0. The van der Waals surface area contributed by atoms with Crippen LogP contribution < -0.4 is 0 Å². The minimum absolute atomic E-state index is 0.0746. The summed E-state index contributed by atoms with van der Waals surface area (Å²) in [5, 5.41) is 0. The zero-order valence-corrected chi connectivity index (χ0v) is 45.6. The first-order valence-electron chi connectivity index (χ1n) is 29.8. The zero-order chi connectivity index (χ0) is 49.2. The summed E-state index contributed by atoms with van der Waals surface area (Å²) in [6.45, 7) is 7.76. The van der Waals surface area contributed by atoms with Crippen LogP contribution in [0.25, 0.3) is 0 Å². The van der Waals surface area contributed by atoms with Crippen molar-refractivity contribution in [1.29, 1.82) is 0 Å². The van der Waals surface area contributed by atoms with Crippen LogP contribution in [0.5, 0.6) is 0 Å². The van der Waals surface area contributed by atoms with Crippen LogP contribution in [0.2, 0.25) is 0 Å². The van der Waals surface area contributed by atoms with Crippen LogP contribution in [-0.2, 0) is 23.8 Å². The molecule has 5 nitrogen and oxygen atoms in total. The van der Waals surface area contributed by atoms with Crippen LogP contribution in [0.1, 0.15) is 303 Å². The predicted molar refractivity (Wildman–Crippen MR) is 298 cm³/mol. The molecule has 0 aromatic heterocycles. The molecule has 0 heterocycles. The molecule has 396 valence electrons. The van der Waals surface area contributed by atoms with Gasteiger partial charge in [-0.25, -0.2) is 0 Å². The van der Waals surface area contributed by atoms with E-state index in [0.717, 1.165) is 83.5 Å². The number of esters is 2. The van der Waals surface area contributed by atoms with Gasteiger partial charge in [0.15, 0.2) is 6.10 Å². The van der Waals surface area contributed by atoms with Crippen molar-refractivity contribution in [3.63, 3.8) is 0 Å². The topological polar surface area (TPSA) is 61.8 Å². The summed E-state index contributed by atoms with van der Waals surface area (Å²) >= 11 is 0. The molecule has 68 heavy (non-hydrogen) atoms. The second-order valence-corrected chi connectivity index (χ2v) is 19.9. The molecule has 5 heteroatoms. The van der Waals surface area contributed by atoms with E-state index in [1.165, 1.54) is 186 Å². The van der Waals surface area contributed by atoms with Crippen molar-refractivity contribution in [3.05, 3.63) is 60.8 Å². The maximum Gasteiger partial charge on any atom is 0.306 e. The Balaban J connectivity index is 4.24. The highest BCUT2D eigenvalue weighted by Crippen LogP contribution is 2.16. The molecule has 0 fully saturated rings. The van der Waals surface area contributed by atoms with Crippen LogP contribution in [0.15, 0.2) is 60.8 Å². The first-order valence-corrected chi connectivity index (χ1v) is 29.8. The van der Waals surface area contributed by atoms with Crippen LogP contribution in [0, 0.1) is 0 Å². The molecule has 0 aromatic rings. The average molecular weight is 952 g/mol. The molecule has 1 unspecified atom stereocenters. The Hall–Kier alpha value is -2.40. The molecule has 0 bridgehead atoms. The predicted octanol–water partition coefficient (Wildman–Crippen LogP) is 20.5. The van der Waals surface area contributed by atoms with Crippen molar-refractivity contribution in [2.24, 2.45) is 0 Å². The normalized spacial score (nSPS) is 12.6. The second-order valence-electron chi connectivity index (χ2n) is 19.9. The van der Waals surface area contributed by atoms with Gasteiger partial charge in [0.25, 0.3) is 0 Å². The fraction of sp³-hybridized carbons (Fsp3) is 0.810. The maximum absolute atomic E-state index is 12.8. The summed E-state index contributed by atoms with van der Waals surface area (Å²) in [7, 11) is 0. The van der Waals surface area contributed by atoms with E-state index >= 15 is 0 Å². The van der Waals surface area contributed by atoms with Crippen molar-refractivity contribution in [3.8, 4) is 0 Å². The summed E-state index contributed by atoms with van der Waals surface area (Å²) in [4.78, 5) is 25.5. The van der Waals surface area contributed by atoms with Crippen LogP contribution in [-0.4, -0.2) is 37.9 Å². The first kappa shape index (κ1) is 65.6. The van der Waals surface area contributed by atoms with Gasteiger partial charge in [0.05, 0.1) is 6.61 Å². The van der Waals surface area contributed by atoms with E-state index in [2.05, 4.69) is 81.5 Å². The van der Waals surface area contributed by atoms with Gasteiger partial charge in [0.1, 0.15) is 6.61 Å². The van der Waals surface area contributed by atoms with Gasteiger partial charge in [-0.3, -0.25) is 9.59 Å². The Morgan fingerprint density at radius 3 is 1.07 bits per heavy atom. The van der Waals surface area contributed by atoms with Crippen molar-refractivity contribution in [2.75, 3.05) is 19.8 Å². The Morgan fingerprint density at radius 2 is 0.647 bits per heavy atom. The number of rotatable bonds is 55. The third kappa shape index (κ3) is 56.2. The molecule has 0 saturated heterocycles. The highest BCUT2D eigenvalue weighted by Gasteiger charge is 2.17. The molecule has 0 amide bonds. The number of unbranched alkanes of at least 4 members (excludes halogenated alkanes) is 34. The smallest absolute Gasteiger partial charge is 0.306 e. The highest BCUT2D eigenvalue weighted by atomic mass is 16.6. The number of hydrogen-bond donors (Lipinski definition) is 0. The summed E-state index contributed by atoms with van der Waals surface area (Å²) in [5.41, 5.74) is 0. The Bertz CT molecular complexity index is 1170. The van der Waals surface area contributed by atoms with Crippen molar-refractivity contribution >= 4 is 11.9 Å². The van der Waals surface area contributed by atoms with Crippen molar-refractivity contribution in [1.82, 2.24) is 0 Å². The molecule has 0 saturated carbocycles. The van der Waals surface area contributed by atoms with Crippen LogP contribution >= 0.6 is 0 Å². The standard InChI is InChI=1S/C63H114O5/c1-4-7-10-13-16-19-22-25-27-29-31-33-35-37-40-43-46-49-52-55-58-66-59-61(68-63(65)57-54-51-48-45-42-38-24-21-18-15-12-9-6-3)60-67-62(64)56-53-50-47-44-41-39-36-34-32-30-28-26-23-20-17-14-11-8-5-2/h12,15,17,20-21,24,26,28,32,34,61H,4-11,13-14,16,18-19,22-23,25,27,29-31,33,35-60H2,1-3H3/b15-12-,20-17-,24-21-,28-26-,34-32-. The fourth-order valence-electron chi connectivity index (χ4n) is 8.56. The van der Waals surface area contributed by atoms with Crippen molar-refractivity contribution < 1.29 is 23.8 Å². The molecule has 1 atom stereocenters. The average Bonchev–Trinajstić information content (AvgIpc) is 3.34. The number of hydrogen-bond acceptors (Lipinski definition) is 5. The monoisotopic (exact) mass is 951 g/mol. The minimum Gasteiger partial charge on any atom is -0.462 e. The Morgan fingerprint density at radius 1 is 0.324 bits per heavy atom. The lowest BCUT2D eigenvalue weighted by Crippen LogP contribution is -2.30. The van der Waals surface area contributed by atoms with E-state index in [1.54, 1.807) is 0 Å². The molecule has 0 radical (unpaired) electrons. The molecular formula is C63H114O5. The lowest BCUT2D eigenvalue weighted by molar-refractivity contribution is -0.163. The van der Waals surface area contributed by atoms with E-state index in [4.69, 9.17) is 14.2 Å². The van der Waals surface area contributed by atoms with Crippen molar-refractivity contribution in [2.45, 2.75) is 309 Å². The molecule has 0 rings (SSSR count). The number of allylic oxidation sites excluding steroid dienone is 10. The van der Waals surface area contributed by atoms with Gasteiger partial charge >= 0.3 is 11.9 Å². The van der Waals surface area contributed by atoms with Gasteiger partial charge < -0.3 is 14.2 Å². The van der Waals surface area contributed by atoms with Gasteiger partial charge in [-0.2, -0.15) is 0 Å². The van der Waals surface area contributed by atoms with Gasteiger partial charge in [-0.1, -0.05) is 268 Å². The molecule has 0 aliphatic heterocycles. The van der Waals surface area contributed by atoms with E-state index in [9.17, 15) is 9.59 Å². The van der Waals surface area contributed by atoms with Gasteiger partial charge in [-0.15, -0.1) is 0 Å². The number of carbonyl (C=O) groups is 2. The van der Waals surface area contributed by atoms with Gasteiger partial charge in [0.2, 0.25) is 0 Å². The molecule has 0 aliphatic rings. The van der Waals surface area contributed by atoms with Gasteiger partial charge in [0, 0.05) is 19.4 Å². The summed E-state index contributed by atoms with van der Waals surface area (Å²) in [6.07, 6.45) is 75.3. The number of carbonyl (C=O) groups excluding carboxylic acids is 2. The molecule has 0 N–H and O–H groups in total. The second kappa shape index (κ2) is 58.9. The van der Waals surface area contributed by atoms with E-state index in [0.29, 0.717) is 19.4 Å². The third-order valence-electron chi connectivity index (χ3n) is 13.0. The van der Waals surface area contributed by atoms with E-state index in [-0.39, 0.29) is 25.2 Å².